The number of hydrogen-bond donors (Lipinski definition) is 1. The van der Waals surface area contributed by atoms with Crippen LogP contribution in [0.1, 0.15) is 6.42 Å². The lowest BCUT2D eigenvalue weighted by atomic mass is 9.96. The molecule has 0 bridgehead atoms. The van der Waals surface area contributed by atoms with Crippen molar-refractivity contribution in [3.63, 3.8) is 0 Å². The molecule has 1 nitrogen and oxygen atoms in total. The molecule has 0 aromatic heterocycles. The van der Waals surface area contributed by atoms with Gasteiger partial charge in [0.15, 0.2) is 5.92 Å². The second kappa shape index (κ2) is 2.74. The number of alkyl halides is 8. The van der Waals surface area contributed by atoms with E-state index in [2.05, 4.69) is 5.73 Å². The molecule has 0 aliphatic heterocycles. The second-order valence-electron chi connectivity index (χ2n) is 3.44. The van der Waals surface area contributed by atoms with Crippen LogP contribution in [0.5, 0.6) is 0 Å². The van der Waals surface area contributed by atoms with E-state index in [1.807, 2.05) is 0 Å². The fourth-order valence-corrected chi connectivity index (χ4v) is 1.41. The number of hydrogen-bond acceptors (Lipinski definition) is 1. The average Bonchev–Trinajstić information content (AvgIpc) is 2.19. The van der Waals surface area contributed by atoms with Crippen LogP contribution in [0.25, 0.3) is 0 Å². The van der Waals surface area contributed by atoms with Gasteiger partial charge in [0.1, 0.15) is 5.54 Å². The first-order chi connectivity index (χ1) is 6.32. The number of rotatable bonds is 1. The minimum atomic E-state index is -5.83. The van der Waals surface area contributed by atoms with Gasteiger partial charge in [0.05, 0.1) is 0 Å². The molecule has 0 aromatic carbocycles. The van der Waals surface area contributed by atoms with Crippen LogP contribution in [0.2, 0.25) is 0 Å². The van der Waals surface area contributed by atoms with Gasteiger partial charge in [-0.1, -0.05) is 0 Å². The second-order valence-corrected chi connectivity index (χ2v) is 3.44. The molecule has 90 valence electrons. The summed E-state index contributed by atoms with van der Waals surface area (Å²) in [5, 5.41) is 0. The molecule has 1 atom stereocenters. The summed E-state index contributed by atoms with van der Waals surface area (Å²) in [6.45, 7) is 0. The van der Waals surface area contributed by atoms with Gasteiger partial charge in [0, 0.05) is 6.42 Å². The first-order valence-electron chi connectivity index (χ1n) is 3.62. The van der Waals surface area contributed by atoms with Crippen LogP contribution in [0.4, 0.5) is 35.1 Å². The van der Waals surface area contributed by atoms with Crippen molar-refractivity contribution in [3.05, 3.63) is 0 Å². The van der Waals surface area contributed by atoms with Gasteiger partial charge in [-0.25, -0.2) is 8.78 Å². The molecule has 0 heterocycles. The van der Waals surface area contributed by atoms with Crippen molar-refractivity contribution in [2.45, 2.75) is 30.2 Å². The zero-order valence-corrected chi connectivity index (χ0v) is 6.89. The maximum absolute atomic E-state index is 12.4. The molecule has 15 heavy (non-hydrogen) atoms. The lowest BCUT2D eigenvalue weighted by Gasteiger charge is -2.28. The molecule has 0 aromatic rings. The maximum Gasteiger partial charge on any atom is 0.402 e. The zero-order valence-electron chi connectivity index (χ0n) is 6.89. The van der Waals surface area contributed by atoms with Gasteiger partial charge in [-0.05, 0) is 0 Å². The molecular weight excluding hydrogens is 238 g/mol. The summed E-state index contributed by atoms with van der Waals surface area (Å²) in [6, 6.07) is 0. The van der Waals surface area contributed by atoms with E-state index in [1.165, 1.54) is 0 Å². The van der Waals surface area contributed by atoms with E-state index in [9.17, 15) is 35.1 Å². The summed E-state index contributed by atoms with van der Waals surface area (Å²) in [4.78, 5) is 0. The minimum absolute atomic E-state index is 1.61. The highest BCUT2D eigenvalue weighted by Gasteiger charge is 2.82. The highest BCUT2D eigenvalue weighted by molar-refractivity contribution is 5.21. The predicted molar refractivity (Wildman–Crippen MR) is 32.1 cm³/mol. The van der Waals surface area contributed by atoms with Crippen molar-refractivity contribution in [2.24, 2.45) is 11.7 Å². The topological polar surface area (TPSA) is 26.0 Å². The highest BCUT2D eigenvalue weighted by Crippen LogP contribution is 2.62. The molecule has 1 aliphatic rings. The van der Waals surface area contributed by atoms with Crippen molar-refractivity contribution in [2.75, 3.05) is 0 Å². The molecule has 9 heteroatoms. The first kappa shape index (κ1) is 12.5. The fourth-order valence-electron chi connectivity index (χ4n) is 1.41. The van der Waals surface area contributed by atoms with Crippen LogP contribution in [0.3, 0.4) is 0 Å². The van der Waals surface area contributed by atoms with Crippen LogP contribution in [0.15, 0.2) is 0 Å². The molecule has 0 radical (unpaired) electrons. The number of nitrogens with two attached hydrogens (primary N) is 1. The Morgan fingerprint density at radius 1 is 0.933 bits per heavy atom. The summed E-state index contributed by atoms with van der Waals surface area (Å²) in [6.07, 6.45) is -13.3. The van der Waals surface area contributed by atoms with E-state index >= 15 is 0 Å². The molecule has 1 fully saturated rings. The van der Waals surface area contributed by atoms with Gasteiger partial charge in [-0.2, -0.15) is 26.3 Å². The summed E-state index contributed by atoms with van der Waals surface area (Å²) in [5.74, 6) is -8.31. The predicted octanol–water partition coefficient (Wildman–Crippen LogP) is 2.46. The lowest BCUT2D eigenvalue weighted by Crippen LogP contribution is -2.53. The van der Waals surface area contributed by atoms with Crippen molar-refractivity contribution < 1.29 is 35.1 Å². The van der Waals surface area contributed by atoms with Crippen molar-refractivity contribution in [3.8, 4) is 0 Å². The van der Waals surface area contributed by atoms with Crippen LogP contribution in [-0.4, -0.2) is 23.8 Å². The molecular formula is C6H5F8N. The SMILES string of the molecule is NC1(C(C(F)(F)F)C(F)(F)F)CC1(F)F. The molecule has 0 amide bonds. The molecule has 0 saturated heterocycles. The Labute approximate surface area is 78.2 Å². The third-order valence-corrected chi connectivity index (χ3v) is 2.24. The summed E-state index contributed by atoms with van der Waals surface area (Å²) < 4.78 is 96.5. The van der Waals surface area contributed by atoms with E-state index in [0.29, 0.717) is 0 Å². The van der Waals surface area contributed by atoms with Gasteiger partial charge < -0.3 is 5.73 Å². The minimum Gasteiger partial charge on any atom is -0.319 e. The van der Waals surface area contributed by atoms with E-state index in [-0.39, 0.29) is 0 Å². The lowest BCUT2D eigenvalue weighted by molar-refractivity contribution is -0.298. The standard InChI is InChI=1S/C6H5F8N/c7-4(8)1-3(4,15)2(5(9,10)11)6(12,13)14/h2H,1,15H2. The van der Waals surface area contributed by atoms with Crippen LogP contribution in [0, 0.1) is 5.92 Å². The monoisotopic (exact) mass is 243 g/mol. The average molecular weight is 243 g/mol. The van der Waals surface area contributed by atoms with Crippen molar-refractivity contribution >= 4 is 0 Å². The van der Waals surface area contributed by atoms with Gasteiger partial charge in [-0.15, -0.1) is 0 Å². The van der Waals surface area contributed by atoms with Crippen molar-refractivity contribution in [1.29, 1.82) is 0 Å². The molecule has 1 rings (SSSR count). The Hall–Kier alpha value is -0.600. The Morgan fingerprint density at radius 3 is 1.27 bits per heavy atom. The Morgan fingerprint density at radius 2 is 1.20 bits per heavy atom. The van der Waals surface area contributed by atoms with Crippen LogP contribution >= 0.6 is 0 Å². The zero-order chi connectivity index (χ0) is 12.3. The molecule has 1 saturated carbocycles. The Bertz CT molecular complexity index is 251. The molecule has 1 aliphatic carbocycles. The van der Waals surface area contributed by atoms with E-state index < -0.39 is 36.2 Å². The van der Waals surface area contributed by atoms with Gasteiger partial charge in [0.2, 0.25) is 0 Å². The normalized spacial score (nSPS) is 30.8. The maximum atomic E-state index is 12.4. The van der Waals surface area contributed by atoms with E-state index in [1.54, 1.807) is 0 Å². The van der Waals surface area contributed by atoms with Gasteiger partial charge in [-0.3, -0.25) is 0 Å². The molecule has 0 spiro atoms. The van der Waals surface area contributed by atoms with Gasteiger partial charge >= 0.3 is 12.4 Å². The third kappa shape index (κ3) is 1.88. The summed E-state index contributed by atoms with van der Waals surface area (Å²) >= 11 is 0. The van der Waals surface area contributed by atoms with Crippen LogP contribution in [-0.2, 0) is 0 Å². The fraction of sp³-hybridized carbons (Fsp3) is 1.00. The summed E-state index contributed by atoms with van der Waals surface area (Å²) in [5.41, 5.74) is 0.899. The van der Waals surface area contributed by atoms with Crippen molar-refractivity contribution in [1.82, 2.24) is 0 Å². The molecule has 1 unspecified atom stereocenters. The Kier molecular flexibility index (Phi) is 2.28. The Balaban J connectivity index is 3.06. The van der Waals surface area contributed by atoms with Crippen LogP contribution < -0.4 is 5.73 Å². The smallest absolute Gasteiger partial charge is 0.319 e. The summed E-state index contributed by atoms with van der Waals surface area (Å²) in [7, 11) is 0. The highest BCUT2D eigenvalue weighted by atomic mass is 19.4. The van der Waals surface area contributed by atoms with Gasteiger partial charge in [0.25, 0.3) is 5.92 Å². The number of halogens is 8. The molecule has 2 N–H and O–H groups in total. The first-order valence-corrected chi connectivity index (χ1v) is 3.62. The largest absolute Gasteiger partial charge is 0.402 e. The third-order valence-electron chi connectivity index (χ3n) is 2.24. The quantitative estimate of drug-likeness (QED) is 0.703. The van der Waals surface area contributed by atoms with E-state index in [4.69, 9.17) is 0 Å². The van der Waals surface area contributed by atoms with E-state index in [0.717, 1.165) is 0 Å².